The van der Waals surface area contributed by atoms with Crippen LogP contribution in [-0.4, -0.2) is 42.0 Å². The van der Waals surface area contributed by atoms with Crippen molar-refractivity contribution in [3.8, 4) is 5.75 Å². The number of carbonyl (C=O) groups is 1. The summed E-state index contributed by atoms with van der Waals surface area (Å²) in [6, 6.07) is 18.8. The summed E-state index contributed by atoms with van der Waals surface area (Å²) in [6.45, 7) is 4.14. The minimum atomic E-state index is 0.111. The Kier molecular flexibility index (Phi) is 6.87. The number of benzene rings is 2. The quantitative estimate of drug-likeness (QED) is 0.508. The van der Waals surface area contributed by atoms with Crippen molar-refractivity contribution in [3.05, 3.63) is 65.9 Å². The molecular weight excluding hydrogens is 410 g/mol. The standard InChI is InChI=1S/C28H33N3O2/c32-28-8-3-6-23-20-25(11-12-27(23)30-28)33-18-4-15-31-16-13-21(14-17-31)19-24-10-9-22-5-1-2-7-26(22)29-24/h1-2,5,7,9-12,20-21H,3-4,6,8,13-19H2,(H,30,32). The lowest BCUT2D eigenvalue weighted by Crippen LogP contribution is -2.35. The molecule has 0 spiro atoms. The van der Waals surface area contributed by atoms with Crippen molar-refractivity contribution >= 4 is 22.5 Å². The van der Waals surface area contributed by atoms with Crippen molar-refractivity contribution in [3.63, 3.8) is 0 Å². The number of amides is 1. The van der Waals surface area contributed by atoms with Gasteiger partial charge in [0.15, 0.2) is 0 Å². The summed E-state index contributed by atoms with van der Waals surface area (Å²) in [5.74, 6) is 1.75. The van der Waals surface area contributed by atoms with E-state index in [0.717, 1.165) is 74.8 Å². The number of rotatable bonds is 7. The van der Waals surface area contributed by atoms with E-state index >= 15 is 0 Å². The van der Waals surface area contributed by atoms with Crippen LogP contribution in [0.2, 0.25) is 0 Å². The lowest BCUT2D eigenvalue weighted by molar-refractivity contribution is -0.116. The fraction of sp³-hybridized carbons (Fsp3) is 0.429. The number of hydrogen-bond acceptors (Lipinski definition) is 4. The van der Waals surface area contributed by atoms with E-state index < -0.39 is 0 Å². The van der Waals surface area contributed by atoms with Gasteiger partial charge < -0.3 is 15.0 Å². The zero-order chi connectivity index (χ0) is 22.5. The van der Waals surface area contributed by atoms with Crippen molar-refractivity contribution in [2.45, 2.75) is 44.9 Å². The van der Waals surface area contributed by atoms with Gasteiger partial charge >= 0.3 is 0 Å². The zero-order valence-corrected chi connectivity index (χ0v) is 19.3. The summed E-state index contributed by atoms with van der Waals surface area (Å²) >= 11 is 0. The van der Waals surface area contributed by atoms with Crippen molar-refractivity contribution < 1.29 is 9.53 Å². The molecule has 1 saturated heterocycles. The molecule has 3 heterocycles. The molecule has 5 nitrogen and oxygen atoms in total. The molecule has 0 unspecified atom stereocenters. The molecule has 1 N–H and O–H groups in total. The van der Waals surface area contributed by atoms with Crippen LogP contribution in [0.5, 0.6) is 5.75 Å². The second-order valence-electron chi connectivity index (χ2n) is 9.41. The van der Waals surface area contributed by atoms with Crippen molar-refractivity contribution in [1.29, 1.82) is 0 Å². The Bertz CT molecular complexity index is 1110. The summed E-state index contributed by atoms with van der Waals surface area (Å²) in [5, 5.41) is 4.20. The van der Waals surface area contributed by atoms with E-state index in [-0.39, 0.29) is 5.91 Å². The number of hydrogen-bond donors (Lipinski definition) is 1. The number of nitrogens with one attached hydrogen (secondary N) is 1. The molecule has 1 fully saturated rings. The fourth-order valence-electron chi connectivity index (χ4n) is 5.05. The minimum absolute atomic E-state index is 0.111. The van der Waals surface area contributed by atoms with E-state index in [0.29, 0.717) is 6.42 Å². The van der Waals surface area contributed by atoms with E-state index in [1.54, 1.807) is 0 Å². The fourth-order valence-corrected chi connectivity index (χ4v) is 5.05. The highest BCUT2D eigenvalue weighted by molar-refractivity contribution is 5.92. The van der Waals surface area contributed by atoms with Crippen LogP contribution in [0, 0.1) is 5.92 Å². The number of anilines is 1. The highest BCUT2D eigenvalue weighted by Crippen LogP contribution is 2.27. The van der Waals surface area contributed by atoms with Crippen LogP contribution < -0.4 is 10.1 Å². The van der Waals surface area contributed by atoms with Crippen LogP contribution in [0.25, 0.3) is 10.9 Å². The third-order valence-corrected chi connectivity index (χ3v) is 6.95. The molecule has 3 aromatic rings. The molecule has 33 heavy (non-hydrogen) atoms. The first kappa shape index (κ1) is 21.9. The second kappa shape index (κ2) is 10.3. The highest BCUT2D eigenvalue weighted by atomic mass is 16.5. The van der Waals surface area contributed by atoms with Gasteiger partial charge in [0.05, 0.1) is 12.1 Å². The van der Waals surface area contributed by atoms with Gasteiger partial charge in [-0.3, -0.25) is 9.78 Å². The van der Waals surface area contributed by atoms with E-state index in [1.807, 2.05) is 12.1 Å². The van der Waals surface area contributed by atoms with Crippen molar-refractivity contribution in [2.24, 2.45) is 5.92 Å². The van der Waals surface area contributed by atoms with Crippen molar-refractivity contribution in [1.82, 2.24) is 9.88 Å². The third kappa shape index (κ3) is 5.72. The van der Waals surface area contributed by atoms with E-state index in [2.05, 4.69) is 52.7 Å². The lowest BCUT2D eigenvalue weighted by atomic mass is 9.91. The number of para-hydroxylation sites is 1. The number of fused-ring (bicyclic) bond motifs is 2. The third-order valence-electron chi connectivity index (χ3n) is 6.95. The summed E-state index contributed by atoms with van der Waals surface area (Å²) in [7, 11) is 0. The molecule has 5 heteroatoms. The van der Waals surface area contributed by atoms with Gasteiger partial charge in [-0.25, -0.2) is 0 Å². The normalized spacial score (nSPS) is 17.4. The van der Waals surface area contributed by atoms with E-state index in [9.17, 15) is 4.79 Å². The minimum Gasteiger partial charge on any atom is -0.494 e. The molecule has 0 radical (unpaired) electrons. The first-order chi connectivity index (χ1) is 16.2. The first-order valence-corrected chi connectivity index (χ1v) is 12.4. The van der Waals surface area contributed by atoms with Crippen LogP contribution in [-0.2, 0) is 17.6 Å². The number of pyridine rings is 1. The maximum atomic E-state index is 11.7. The molecule has 1 amide bonds. The molecule has 0 saturated carbocycles. The Balaban J connectivity index is 1.03. The van der Waals surface area contributed by atoms with Gasteiger partial charge in [0.1, 0.15) is 5.75 Å². The number of nitrogens with zero attached hydrogens (tertiary/aromatic N) is 2. The van der Waals surface area contributed by atoms with Crippen LogP contribution in [0.1, 0.15) is 43.4 Å². The Labute approximate surface area is 196 Å². The van der Waals surface area contributed by atoms with Gasteiger partial charge in [0, 0.05) is 29.7 Å². The average Bonchev–Trinajstić information content (AvgIpc) is 3.03. The van der Waals surface area contributed by atoms with Crippen LogP contribution in [0.3, 0.4) is 0 Å². The molecule has 2 aromatic carbocycles. The summed E-state index contributed by atoms with van der Waals surface area (Å²) in [4.78, 5) is 19.1. The van der Waals surface area contributed by atoms with Crippen LogP contribution in [0.4, 0.5) is 5.69 Å². The van der Waals surface area contributed by atoms with Crippen LogP contribution >= 0.6 is 0 Å². The molecule has 0 bridgehead atoms. The molecule has 0 atom stereocenters. The smallest absolute Gasteiger partial charge is 0.224 e. The Morgan fingerprint density at radius 3 is 2.82 bits per heavy atom. The van der Waals surface area contributed by atoms with Gasteiger partial charge in [-0.15, -0.1) is 0 Å². The molecule has 5 rings (SSSR count). The number of likely N-dealkylation sites (tertiary alicyclic amines) is 1. The van der Waals surface area contributed by atoms with Gasteiger partial charge in [-0.1, -0.05) is 24.3 Å². The van der Waals surface area contributed by atoms with Gasteiger partial charge in [0.2, 0.25) is 5.91 Å². The molecule has 2 aliphatic rings. The predicted molar refractivity (Wildman–Crippen MR) is 133 cm³/mol. The topological polar surface area (TPSA) is 54.5 Å². The number of aromatic nitrogens is 1. The highest BCUT2D eigenvalue weighted by Gasteiger charge is 2.20. The van der Waals surface area contributed by atoms with Crippen LogP contribution in [0.15, 0.2) is 54.6 Å². The molecular formula is C28H33N3O2. The molecule has 0 aliphatic carbocycles. The second-order valence-corrected chi connectivity index (χ2v) is 9.41. The Morgan fingerprint density at radius 2 is 1.91 bits per heavy atom. The Morgan fingerprint density at radius 1 is 1.03 bits per heavy atom. The number of piperidine rings is 1. The number of carbonyl (C=O) groups excluding carboxylic acids is 1. The average molecular weight is 444 g/mol. The molecule has 2 aliphatic heterocycles. The maximum Gasteiger partial charge on any atom is 0.224 e. The first-order valence-electron chi connectivity index (χ1n) is 12.4. The zero-order valence-electron chi connectivity index (χ0n) is 19.3. The Hall–Kier alpha value is -2.92. The largest absolute Gasteiger partial charge is 0.494 e. The van der Waals surface area contributed by atoms with Gasteiger partial charge in [0.25, 0.3) is 0 Å². The molecule has 172 valence electrons. The summed E-state index contributed by atoms with van der Waals surface area (Å²) in [5.41, 5.74) is 4.44. The van der Waals surface area contributed by atoms with E-state index in [1.165, 1.54) is 29.5 Å². The predicted octanol–water partition coefficient (Wildman–Crippen LogP) is 5.23. The van der Waals surface area contributed by atoms with E-state index in [4.69, 9.17) is 9.72 Å². The van der Waals surface area contributed by atoms with Crippen molar-refractivity contribution in [2.75, 3.05) is 31.6 Å². The van der Waals surface area contributed by atoms with Gasteiger partial charge in [-0.05, 0) is 93.4 Å². The monoisotopic (exact) mass is 443 g/mol. The number of ether oxygens (including phenoxy) is 1. The summed E-state index contributed by atoms with van der Waals surface area (Å²) in [6.07, 6.45) is 7.02. The SMILES string of the molecule is O=C1CCCc2cc(OCCCN3CCC(Cc4ccc5ccccc5n4)CC3)ccc2N1. The maximum absolute atomic E-state index is 11.7. The van der Waals surface area contributed by atoms with Gasteiger partial charge in [-0.2, -0.15) is 0 Å². The molecule has 1 aromatic heterocycles. The lowest BCUT2D eigenvalue weighted by Gasteiger charge is -2.31. The summed E-state index contributed by atoms with van der Waals surface area (Å²) < 4.78 is 6.02. The number of aryl methyl sites for hydroxylation is 1.